The largest absolute Gasteiger partial charge is 0.381 e. The lowest BCUT2D eigenvalue weighted by Crippen LogP contribution is -2.18. The van der Waals surface area contributed by atoms with Gasteiger partial charge in [0.1, 0.15) is 0 Å². The first-order valence-electron chi connectivity index (χ1n) is 5.91. The Morgan fingerprint density at radius 2 is 2.10 bits per heavy atom. The van der Waals surface area contributed by atoms with Crippen molar-refractivity contribution in [1.82, 2.24) is 4.72 Å². The van der Waals surface area contributed by atoms with E-state index in [-0.39, 0.29) is 9.90 Å². The molecule has 0 fully saturated rings. The van der Waals surface area contributed by atoms with Gasteiger partial charge in [-0.3, -0.25) is 10.1 Å². The van der Waals surface area contributed by atoms with Crippen LogP contribution in [0.1, 0.15) is 5.56 Å². The highest BCUT2D eigenvalue weighted by Gasteiger charge is 2.12. The number of hydrogen-bond acceptors (Lipinski definition) is 6. The third-order valence-corrected chi connectivity index (χ3v) is 5.07. The number of benzene rings is 1. The molecule has 0 aliphatic carbocycles. The van der Waals surface area contributed by atoms with Gasteiger partial charge in [0.2, 0.25) is 10.0 Å². The van der Waals surface area contributed by atoms with Crippen molar-refractivity contribution in [3.8, 4) is 0 Å². The van der Waals surface area contributed by atoms with Crippen molar-refractivity contribution in [3.63, 3.8) is 0 Å². The Hall–Kier alpha value is -1.97. The molecule has 21 heavy (non-hydrogen) atoms. The Morgan fingerprint density at radius 3 is 2.71 bits per heavy atom. The average Bonchev–Trinajstić information content (AvgIpc) is 2.94. The fraction of sp³-hybridized carbons (Fsp3) is 0.167. The van der Waals surface area contributed by atoms with Crippen LogP contribution in [0, 0.1) is 10.1 Å². The lowest BCUT2D eigenvalue weighted by Gasteiger charge is -2.07. The monoisotopic (exact) mass is 327 g/mol. The number of thiophene rings is 1. The van der Waals surface area contributed by atoms with Crippen LogP contribution < -0.4 is 10.0 Å². The van der Waals surface area contributed by atoms with Crippen LogP contribution in [0.3, 0.4) is 0 Å². The molecule has 0 saturated heterocycles. The Labute approximate surface area is 125 Å². The van der Waals surface area contributed by atoms with E-state index in [0.29, 0.717) is 12.2 Å². The summed E-state index contributed by atoms with van der Waals surface area (Å²) in [6.07, 6.45) is 0. The van der Waals surface area contributed by atoms with E-state index < -0.39 is 14.9 Å². The highest BCUT2D eigenvalue weighted by Crippen LogP contribution is 2.23. The highest BCUT2D eigenvalue weighted by molar-refractivity contribution is 7.89. The predicted octanol–water partition coefficient (Wildman–Crippen LogP) is 2.18. The van der Waals surface area contributed by atoms with Crippen LogP contribution in [0.4, 0.5) is 10.7 Å². The van der Waals surface area contributed by atoms with Crippen molar-refractivity contribution in [3.05, 3.63) is 51.4 Å². The third kappa shape index (κ3) is 3.78. The summed E-state index contributed by atoms with van der Waals surface area (Å²) in [6.45, 7) is 0.382. The first-order valence-corrected chi connectivity index (χ1v) is 8.28. The summed E-state index contributed by atoms with van der Waals surface area (Å²) in [5.41, 5.74) is 1.40. The quantitative estimate of drug-likeness (QED) is 0.625. The molecular weight excluding hydrogens is 314 g/mol. The molecule has 2 rings (SSSR count). The summed E-state index contributed by atoms with van der Waals surface area (Å²) >= 11 is 1.06. The zero-order valence-corrected chi connectivity index (χ0v) is 12.7. The summed E-state index contributed by atoms with van der Waals surface area (Å²) in [5, 5.41) is 15.4. The van der Waals surface area contributed by atoms with Gasteiger partial charge in [0.05, 0.1) is 9.82 Å². The maximum Gasteiger partial charge on any atom is 0.324 e. The van der Waals surface area contributed by atoms with Crippen molar-refractivity contribution in [2.75, 3.05) is 12.4 Å². The van der Waals surface area contributed by atoms with Crippen LogP contribution in [-0.2, 0) is 16.6 Å². The number of nitrogens with zero attached hydrogens (tertiary/aromatic N) is 1. The Morgan fingerprint density at radius 1 is 1.33 bits per heavy atom. The van der Waals surface area contributed by atoms with Crippen LogP contribution >= 0.6 is 11.3 Å². The molecule has 0 spiro atoms. The second-order valence-corrected chi connectivity index (χ2v) is 6.92. The molecule has 0 bridgehead atoms. The summed E-state index contributed by atoms with van der Waals surface area (Å²) in [6, 6.07) is 7.85. The van der Waals surface area contributed by atoms with Crippen molar-refractivity contribution in [1.29, 1.82) is 0 Å². The average molecular weight is 327 g/mol. The fourth-order valence-electron chi connectivity index (χ4n) is 1.65. The topological polar surface area (TPSA) is 101 Å². The molecule has 1 heterocycles. The Kier molecular flexibility index (Phi) is 4.56. The molecule has 0 unspecified atom stereocenters. The van der Waals surface area contributed by atoms with Crippen molar-refractivity contribution < 1.29 is 13.3 Å². The number of hydrogen-bond donors (Lipinski definition) is 2. The minimum atomic E-state index is -3.49. The maximum absolute atomic E-state index is 11.7. The van der Waals surface area contributed by atoms with E-state index in [1.54, 1.807) is 17.5 Å². The molecule has 1 aromatic carbocycles. The molecule has 2 N–H and O–H groups in total. The van der Waals surface area contributed by atoms with Crippen LogP contribution in [0.5, 0.6) is 0 Å². The lowest BCUT2D eigenvalue weighted by atomic mass is 10.3. The lowest BCUT2D eigenvalue weighted by molar-refractivity contribution is -0.380. The van der Waals surface area contributed by atoms with Gasteiger partial charge in [-0.25, -0.2) is 13.1 Å². The van der Waals surface area contributed by atoms with E-state index in [9.17, 15) is 18.5 Å². The van der Waals surface area contributed by atoms with Crippen molar-refractivity contribution >= 4 is 32.0 Å². The van der Waals surface area contributed by atoms with Crippen LogP contribution in [0.25, 0.3) is 0 Å². The molecule has 112 valence electrons. The van der Waals surface area contributed by atoms with E-state index in [4.69, 9.17) is 0 Å². The third-order valence-electron chi connectivity index (χ3n) is 2.73. The van der Waals surface area contributed by atoms with Gasteiger partial charge >= 0.3 is 5.00 Å². The smallest absolute Gasteiger partial charge is 0.324 e. The minimum absolute atomic E-state index is 0.0818. The van der Waals surface area contributed by atoms with Gasteiger partial charge in [-0.1, -0.05) is 17.4 Å². The molecule has 0 saturated carbocycles. The molecule has 2 aromatic rings. The van der Waals surface area contributed by atoms with E-state index >= 15 is 0 Å². The standard InChI is InChI=1S/C12H13N3O4S2/c1-13-21(18,19)11-4-2-3-10(6-11)14-7-9-5-12(15(16)17)20-8-9/h2-6,8,13-14H,7H2,1H3. The zero-order valence-electron chi connectivity index (χ0n) is 11.1. The molecule has 0 atom stereocenters. The van der Waals surface area contributed by atoms with E-state index in [2.05, 4.69) is 10.0 Å². The van der Waals surface area contributed by atoms with Crippen LogP contribution in [0.2, 0.25) is 0 Å². The number of nitrogens with one attached hydrogen (secondary N) is 2. The Bertz CT molecular complexity index is 755. The first-order chi connectivity index (χ1) is 9.92. The van der Waals surface area contributed by atoms with Gasteiger partial charge in [-0.15, -0.1) is 0 Å². The van der Waals surface area contributed by atoms with Gasteiger partial charge in [0.15, 0.2) is 0 Å². The summed E-state index contributed by atoms with van der Waals surface area (Å²) in [5.74, 6) is 0. The van der Waals surface area contributed by atoms with Crippen molar-refractivity contribution in [2.45, 2.75) is 11.4 Å². The van der Waals surface area contributed by atoms with Gasteiger partial charge < -0.3 is 5.32 Å². The van der Waals surface area contributed by atoms with E-state index in [1.165, 1.54) is 25.2 Å². The number of anilines is 1. The minimum Gasteiger partial charge on any atom is -0.381 e. The van der Waals surface area contributed by atoms with E-state index in [0.717, 1.165) is 16.9 Å². The van der Waals surface area contributed by atoms with Gasteiger partial charge in [0, 0.05) is 23.7 Å². The second-order valence-electron chi connectivity index (χ2n) is 4.14. The first kappa shape index (κ1) is 15.4. The molecule has 9 heteroatoms. The van der Waals surface area contributed by atoms with Crippen LogP contribution in [0.15, 0.2) is 40.6 Å². The molecule has 1 aromatic heterocycles. The predicted molar refractivity (Wildman–Crippen MR) is 81.0 cm³/mol. The SMILES string of the molecule is CNS(=O)(=O)c1cccc(NCc2csc([N+](=O)[O-])c2)c1. The Balaban J connectivity index is 2.10. The van der Waals surface area contributed by atoms with Crippen LogP contribution in [-0.4, -0.2) is 20.4 Å². The summed E-state index contributed by atoms with van der Waals surface area (Å²) in [7, 11) is -2.14. The highest BCUT2D eigenvalue weighted by atomic mass is 32.2. The normalized spacial score (nSPS) is 11.3. The maximum atomic E-state index is 11.7. The molecular formula is C12H13N3O4S2. The fourth-order valence-corrected chi connectivity index (χ4v) is 3.15. The summed E-state index contributed by atoms with van der Waals surface area (Å²) in [4.78, 5) is 10.3. The molecule has 0 amide bonds. The molecule has 0 aliphatic heterocycles. The van der Waals surface area contributed by atoms with E-state index in [1.807, 2.05) is 0 Å². The molecule has 7 nitrogen and oxygen atoms in total. The molecule has 0 radical (unpaired) electrons. The molecule has 0 aliphatic rings. The van der Waals surface area contributed by atoms with Gasteiger partial charge in [-0.2, -0.15) is 0 Å². The summed E-state index contributed by atoms with van der Waals surface area (Å²) < 4.78 is 25.6. The zero-order chi connectivity index (χ0) is 15.5. The van der Waals surface area contributed by atoms with Crippen molar-refractivity contribution in [2.24, 2.45) is 0 Å². The second kappa shape index (κ2) is 6.20. The number of rotatable bonds is 6. The van der Waals surface area contributed by atoms with Gasteiger partial charge in [-0.05, 0) is 30.8 Å². The van der Waals surface area contributed by atoms with Gasteiger partial charge in [0.25, 0.3) is 0 Å². The number of nitro groups is 1. The number of sulfonamides is 1.